The zero-order valence-electron chi connectivity index (χ0n) is 12.5. The van der Waals surface area contributed by atoms with E-state index in [0.717, 1.165) is 37.6 Å². The second-order valence-corrected chi connectivity index (χ2v) is 5.37. The Bertz CT molecular complexity index is 570. The molecular formula is C18H22N2O. The lowest BCUT2D eigenvalue weighted by Crippen LogP contribution is -2.51. The molecular weight excluding hydrogens is 260 g/mol. The van der Waals surface area contributed by atoms with E-state index in [0.29, 0.717) is 6.04 Å². The van der Waals surface area contributed by atoms with Crippen molar-refractivity contribution in [3.63, 3.8) is 0 Å². The van der Waals surface area contributed by atoms with Crippen LogP contribution in [0, 0.1) is 0 Å². The van der Waals surface area contributed by atoms with E-state index in [-0.39, 0.29) is 0 Å². The highest BCUT2D eigenvalue weighted by Crippen LogP contribution is 2.27. The van der Waals surface area contributed by atoms with Gasteiger partial charge in [-0.25, -0.2) is 0 Å². The van der Waals surface area contributed by atoms with Crippen LogP contribution in [0.5, 0.6) is 11.5 Å². The minimum Gasteiger partial charge on any atom is -0.457 e. The Hall–Kier alpha value is -2.00. The number of hydrogen-bond acceptors (Lipinski definition) is 3. The van der Waals surface area contributed by atoms with E-state index in [1.807, 2.05) is 36.4 Å². The second kappa shape index (κ2) is 6.64. The Morgan fingerprint density at radius 3 is 2.71 bits per heavy atom. The average molecular weight is 282 g/mol. The fourth-order valence-corrected chi connectivity index (χ4v) is 2.82. The highest BCUT2D eigenvalue weighted by Gasteiger charge is 2.20. The van der Waals surface area contributed by atoms with E-state index in [1.54, 1.807) is 0 Å². The molecule has 0 radical (unpaired) electrons. The van der Waals surface area contributed by atoms with Crippen LogP contribution in [0.3, 0.4) is 0 Å². The summed E-state index contributed by atoms with van der Waals surface area (Å²) in [6, 6.07) is 18.9. The number of piperazine rings is 1. The number of anilines is 1. The number of para-hydroxylation sites is 1. The molecule has 0 saturated carbocycles. The molecule has 1 saturated heterocycles. The molecule has 1 atom stereocenters. The molecule has 3 rings (SSSR count). The van der Waals surface area contributed by atoms with Gasteiger partial charge in [0, 0.05) is 37.4 Å². The monoisotopic (exact) mass is 282 g/mol. The molecule has 0 spiro atoms. The number of hydrogen-bond donors (Lipinski definition) is 1. The fourth-order valence-electron chi connectivity index (χ4n) is 2.82. The van der Waals surface area contributed by atoms with E-state index < -0.39 is 0 Å². The van der Waals surface area contributed by atoms with Gasteiger partial charge in [0.05, 0.1) is 0 Å². The van der Waals surface area contributed by atoms with Gasteiger partial charge in [-0.3, -0.25) is 0 Å². The standard InChI is InChI=1S/C18H22N2O/c1-2-15-14-19-11-12-20(15)16-7-6-10-18(13-16)21-17-8-4-3-5-9-17/h3-10,13,15,19H,2,11-12,14H2,1H3. The average Bonchev–Trinajstić information content (AvgIpc) is 2.56. The summed E-state index contributed by atoms with van der Waals surface area (Å²) in [5, 5.41) is 3.47. The van der Waals surface area contributed by atoms with Crippen molar-refractivity contribution in [2.75, 3.05) is 24.5 Å². The lowest BCUT2D eigenvalue weighted by Gasteiger charge is -2.37. The molecule has 2 aromatic rings. The number of benzene rings is 2. The maximum Gasteiger partial charge on any atom is 0.129 e. The zero-order chi connectivity index (χ0) is 14.5. The maximum absolute atomic E-state index is 5.94. The van der Waals surface area contributed by atoms with Gasteiger partial charge in [-0.1, -0.05) is 31.2 Å². The highest BCUT2D eigenvalue weighted by molar-refractivity contribution is 5.52. The predicted octanol–water partition coefficient (Wildman–Crippen LogP) is 3.67. The maximum atomic E-state index is 5.94. The van der Waals surface area contributed by atoms with Gasteiger partial charge in [0.2, 0.25) is 0 Å². The van der Waals surface area contributed by atoms with E-state index in [2.05, 4.69) is 35.3 Å². The van der Waals surface area contributed by atoms with Gasteiger partial charge < -0.3 is 15.0 Å². The summed E-state index contributed by atoms with van der Waals surface area (Å²) in [5.41, 5.74) is 1.25. The minimum absolute atomic E-state index is 0.561. The van der Waals surface area contributed by atoms with Crippen LogP contribution in [-0.2, 0) is 0 Å². The fraction of sp³-hybridized carbons (Fsp3) is 0.333. The molecule has 110 valence electrons. The van der Waals surface area contributed by atoms with Crippen molar-refractivity contribution in [3.05, 3.63) is 54.6 Å². The quantitative estimate of drug-likeness (QED) is 0.926. The lowest BCUT2D eigenvalue weighted by molar-refractivity contribution is 0.462. The van der Waals surface area contributed by atoms with Crippen LogP contribution in [0.4, 0.5) is 5.69 Å². The van der Waals surface area contributed by atoms with E-state index in [4.69, 9.17) is 4.74 Å². The van der Waals surface area contributed by atoms with Gasteiger partial charge in [-0.05, 0) is 30.7 Å². The molecule has 1 unspecified atom stereocenters. The molecule has 1 heterocycles. The topological polar surface area (TPSA) is 24.5 Å². The largest absolute Gasteiger partial charge is 0.457 e. The Labute approximate surface area is 126 Å². The first-order valence-electron chi connectivity index (χ1n) is 7.67. The van der Waals surface area contributed by atoms with Gasteiger partial charge in [0.15, 0.2) is 0 Å². The first-order chi connectivity index (χ1) is 10.4. The Balaban J connectivity index is 1.79. The van der Waals surface area contributed by atoms with E-state index in [9.17, 15) is 0 Å². The van der Waals surface area contributed by atoms with Gasteiger partial charge in [-0.15, -0.1) is 0 Å². The van der Waals surface area contributed by atoms with Gasteiger partial charge in [0.25, 0.3) is 0 Å². The molecule has 1 aliphatic heterocycles. The second-order valence-electron chi connectivity index (χ2n) is 5.37. The van der Waals surface area contributed by atoms with Crippen molar-refractivity contribution in [3.8, 4) is 11.5 Å². The molecule has 3 heteroatoms. The van der Waals surface area contributed by atoms with Crippen molar-refractivity contribution >= 4 is 5.69 Å². The molecule has 0 amide bonds. The van der Waals surface area contributed by atoms with Crippen molar-refractivity contribution in [2.45, 2.75) is 19.4 Å². The summed E-state index contributed by atoms with van der Waals surface area (Å²) in [6.07, 6.45) is 1.15. The van der Waals surface area contributed by atoms with Gasteiger partial charge >= 0.3 is 0 Å². The summed E-state index contributed by atoms with van der Waals surface area (Å²) in [6.45, 7) is 5.39. The SMILES string of the molecule is CCC1CNCCN1c1cccc(Oc2ccccc2)c1. The molecule has 0 aromatic heterocycles. The molecule has 1 fully saturated rings. The summed E-state index contributed by atoms with van der Waals surface area (Å²) < 4.78 is 5.94. The van der Waals surface area contributed by atoms with Crippen LogP contribution in [-0.4, -0.2) is 25.7 Å². The molecule has 1 aliphatic rings. The molecule has 2 aromatic carbocycles. The van der Waals surface area contributed by atoms with Crippen molar-refractivity contribution in [1.82, 2.24) is 5.32 Å². The summed E-state index contributed by atoms with van der Waals surface area (Å²) in [4.78, 5) is 2.48. The van der Waals surface area contributed by atoms with Crippen LogP contribution in [0.1, 0.15) is 13.3 Å². The summed E-state index contributed by atoms with van der Waals surface area (Å²) >= 11 is 0. The van der Waals surface area contributed by atoms with Crippen LogP contribution in [0.15, 0.2) is 54.6 Å². The summed E-state index contributed by atoms with van der Waals surface area (Å²) in [7, 11) is 0. The number of nitrogens with zero attached hydrogens (tertiary/aromatic N) is 1. The normalized spacial score (nSPS) is 18.5. The van der Waals surface area contributed by atoms with Crippen molar-refractivity contribution in [2.24, 2.45) is 0 Å². The molecule has 3 nitrogen and oxygen atoms in total. The third-order valence-corrected chi connectivity index (χ3v) is 3.95. The Morgan fingerprint density at radius 2 is 1.90 bits per heavy atom. The highest BCUT2D eigenvalue weighted by atomic mass is 16.5. The zero-order valence-corrected chi connectivity index (χ0v) is 12.5. The Morgan fingerprint density at radius 1 is 1.10 bits per heavy atom. The molecule has 21 heavy (non-hydrogen) atoms. The first-order valence-corrected chi connectivity index (χ1v) is 7.67. The van der Waals surface area contributed by atoms with Gasteiger partial charge in [-0.2, -0.15) is 0 Å². The Kier molecular flexibility index (Phi) is 4.41. The van der Waals surface area contributed by atoms with E-state index >= 15 is 0 Å². The lowest BCUT2D eigenvalue weighted by atomic mass is 10.1. The third kappa shape index (κ3) is 3.37. The van der Waals surface area contributed by atoms with Crippen LogP contribution in [0.2, 0.25) is 0 Å². The van der Waals surface area contributed by atoms with Crippen LogP contribution in [0.25, 0.3) is 0 Å². The third-order valence-electron chi connectivity index (χ3n) is 3.95. The van der Waals surface area contributed by atoms with Crippen molar-refractivity contribution in [1.29, 1.82) is 0 Å². The van der Waals surface area contributed by atoms with Crippen molar-refractivity contribution < 1.29 is 4.74 Å². The molecule has 1 N–H and O–H groups in total. The number of rotatable bonds is 4. The van der Waals surface area contributed by atoms with Crippen LogP contribution >= 0.6 is 0 Å². The molecule has 0 bridgehead atoms. The van der Waals surface area contributed by atoms with Crippen LogP contribution < -0.4 is 15.0 Å². The predicted molar refractivity (Wildman–Crippen MR) is 87.3 cm³/mol. The number of nitrogens with one attached hydrogen (secondary N) is 1. The summed E-state index contributed by atoms with van der Waals surface area (Å²) in [5.74, 6) is 1.77. The minimum atomic E-state index is 0.561. The first kappa shape index (κ1) is 14.0. The molecule has 0 aliphatic carbocycles. The van der Waals surface area contributed by atoms with E-state index in [1.165, 1.54) is 5.69 Å². The smallest absolute Gasteiger partial charge is 0.129 e. The van der Waals surface area contributed by atoms with Gasteiger partial charge in [0.1, 0.15) is 11.5 Å². The number of ether oxygens (including phenoxy) is 1.